The maximum atomic E-state index is 11.9. The molecule has 118 valence electrons. The Morgan fingerprint density at radius 2 is 1.83 bits per heavy atom. The van der Waals surface area contributed by atoms with Crippen molar-refractivity contribution in [2.45, 2.75) is 0 Å². The molecule has 0 saturated heterocycles. The number of hydrogen-bond acceptors (Lipinski definition) is 4. The molecule has 0 unspecified atom stereocenters. The predicted molar refractivity (Wildman–Crippen MR) is 92.3 cm³/mol. The highest BCUT2D eigenvalue weighted by Gasteiger charge is 2.02. The van der Waals surface area contributed by atoms with Crippen LogP contribution in [0.4, 0.5) is 0 Å². The molecule has 0 saturated carbocycles. The monoisotopic (exact) mass is 317 g/mol. The van der Waals surface area contributed by atoms with Gasteiger partial charge in [0.15, 0.2) is 0 Å². The van der Waals surface area contributed by atoms with Crippen LogP contribution in [0.5, 0.6) is 11.5 Å². The van der Waals surface area contributed by atoms with E-state index < -0.39 is 0 Å². The van der Waals surface area contributed by atoms with Gasteiger partial charge < -0.3 is 4.74 Å². The van der Waals surface area contributed by atoms with Gasteiger partial charge in [0.1, 0.15) is 11.5 Å². The van der Waals surface area contributed by atoms with Crippen LogP contribution in [-0.2, 0) is 0 Å². The molecular weight excluding hydrogens is 302 g/mol. The molecule has 2 aromatic carbocycles. The van der Waals surface area contributed by atoms with Crippen molar-refractivity contribution in [3.05, 3.63) is 90.3 Å². The van der Waals surface area contributed by atoms with E-state index in [1.807, 2.05) is 54.6 Å². The van der Waals surface area contributed by atoms with Crippen molar-refractivity contribution < 1.29 is 9.53 Å². The van der Waals surface area contributed by atoms with Gasteiger partial charge in [-0.1, -0.05) is 30.3 Å². The second kappa shape index (κ2) is 7.69. The normalized spacial score (nSPS) is 10.5. The van der Waals surface area contributed by atoms with E-state index in [0.29, 0.717) is 11.3 Å². The quantitative estimate of drug-likeness (QED) is 0.577. The molecule has 3 aromatic rings. The summed E-state index contributed by atoms with van der Waals surface area (Å²) in [7, 11) is 0. The molecule has 0 aliphatic rings. The summed E-state index contributed by atoms with van der Waals surface area (Å²) in [4.78, 5) is 15.7. The Labute approximate surface area is 139 Å². The van der Waals surface area contributed by atoms with Crippen molar-refractivity contribution >= 4 is 12.1 Å². The van der Waals surface area contributed by atoms with Crippen molar-refractivity contribution in [3.8, 4) is 11.5 Å². The summed E-state index contributed by atoms with van der Waals surface area (Å²) in [5.74, 6) is 1.15. The van der Waals surface area contributed by atoms with Crippen LogP contribution in [0.15, 0.2) is 84.2 Å². The molecule has 0 fully saturated rings. The fourth-order valence-corrected chi connectivity index (χ4v) is 2.01. The van der Waals surface area contributed by atoms with Crippen molar-refractivity contribution in [1.82, 2.24) is 10.4 Å². The zero-order chi connectivity index (χ0) is 16.6. The predicted octanol–water partition coefficient (Wildman–Crippen LogP) is 3.64. The highest BCUT2D eigenvalue weighted by atomic mass is 16.5. The topological polar surface area (TPSA) is 63.6 Å². The first-order chi connectivity index (χ1) is 11.8. The fraction of sp³-hybridized carbons (Fsp3) is 0. The molecule has 5 nitrogen and oxygen atoms in total. The van der Waals surface area contributed by atoms with Crippen molar-refractivity contribution in [2.75, 3.05) is 0 Å². The van der Waals surface area contributed by atoms with Gasteiger partial charge in [0.2, 0.25) is 0 Å². The summed E-state index contributed by atoms with van der Waals surface area (Å²) >= 11 is 0. The second-order valence-electron chi connectivity index (χ2n) is 4.93. The molecule has 0 aliphatic carbocycles. The average Bonchev–Trinajstić information content (AvgIpc) is 2.63. The molecule has 1 heterocycles. The van der Waals surface area contributed by atoms with E-state index in [-0.39, 0.29) is 5.91 Å². The zero-order valence-electron chi connectivity index (χ0n) is 12.8. The van der Waals surface area contributed by atoms with Crippen LogP contribution in [-0.4, -0.2) is 17.1 Å². The van der Waals surface area contributed by atoms with Gasteiger partial charge in [-0.2, -0.15) is 5.10 Å². The largest absolute Gasteiger partial charge is 0.457 e. The summed E-state index contributed by atoms with van der Waals surface area (Å²) in [6, 6.07) is 20.3. The third-order valence-electron chi connectivity index (χ3n) is 3.14. The SMILES string of the molecule is O=C(N/N=C\c1cccc(Oc2ccccc2)c1)c1cccnc1. The molecule has 3 rings (SSSR count). The number of nitrogens with zero attached hydrogens (tertiary/aromatic N) is 2. The molecule has 0 spiro atoms. The van der Waals surface area contributed by atoms with Gasteiger partial charge in [-0.15, -0.1) is 0 Å². The van der Waals surface area contributed by atoms with E-state index in [9.17, 15) is 4.79 Å². The number of nitrogens with one attached hydrogen (secondary N) is 1. The minimum Gasteiger partial charge on any atom is -0.457 e. The van der Waals surface area contributed by atoms with Crippen LogP contribution in [0, 0.1) is 0 Å². The molecule has 1 N–H and O–H groups in total. The number of pyridine rings is 1. The van der Waals surface area contributed by atoms with E-state index in [2.05, 4.69) is 15.5 Å². The van der Waals surface area contributed by atoms with Crippen LogP contribution in [0.25, 0.3) is 0 Å². The number of aromatic nitrogens is 1. The number of hydrazone groups is 1. The third-order valence-corrected chi connectivity index (χ3v) is 3.14. The minimum atomic E-state index is -0.309. The third kappa shape index (κ3) is 4.27. The van der Waals surface area contributed by atoms with Crippen LogP contribution in [0.1, 0.15) is 15.9 Å². The van der Waals surface area contributed by atoms with Gasteiger partial charge in [-0.05, 0) is 42.0 Å². The molecule has 0 atom stereocenters. The Hall–Kier alpha value is -3.47. The van der Waals surface area contributed by atoms with Gasteiger partial charge in [0, 0.05) is 12.4 Å². The first-order valence-electron chi connectivity index (χ1n) is 7.38. The van der Waals surface area contributed by atoms with Gasteiger partial charge in [0.25, 0.3) is 5.91 Å². The van der Waals surface area contributed by atoms with Gasteiger partial charge >= 0.3 is 0 Å². The maximum Gasteiger partial charge on any atom is 0.272 e. The molecule has 24 heavy (non-hydrogen) atoms. The molecule has 5 heteroatoms. The van der Waals surface area contributed by atoms with Crippen LogP contribution in [0.2, 0.25) is 0 Å². The lowest BCUT2D eigenvalue weighted by molar-refractivity contribution is 0.0955. The lowest BCUT2D eigenvalue weighted by Crippen LogP contribution is -2.17. The Kier molecular flexibility index (Phi) is 4.94. The number of amides is 1. The molecule has 1 aromatic heterocycles. The van der Waals surface area contributed by atoms with Gasteiger partial charge in [-0.25, -0.2) is 5.43 Å². The van der Waals surface area contributed by atoms with E-state index in [1.54, 1.807) is 24.5 Å². The van der Waals surface area contributed by atoms with Crippen LogP contribution < -0.4 is 10.2 Å². The van der Waals surface area contributed by atoms with Gasteiger partial charge in [-0.3, -0.25) is 9.78 Å². The summed E-state index contributed by atoms with van der Waals surface area (Å²) in [5.41, 5.74) is 3.74. The Bertz CT molecular complexity index is 834. The highest BCUT2D eigenvalue weighted by Crippen LogP contribution is 2.21. The second-order valence-corrected chi connectivity index (χ2v) is 4.93. The Morgan fingerprint density at radius 1 is 1.00 bits per heavy atom. The molecule has 1 amide bonds. The smallest absolute Gasteiger partial charge is 0.272 e. The van der Waals surface area contributed by atoms with Crippen molar-refractivity contribution in [3.63, 3.8) is 0 Å². The number of carbonyl (C=O) groups is 1. The maximum absolute atomic E-state index is 11.9. The number of benzene rings is 2. The fourth-order valence-electron chi connectivity index (χ4n) is 2.01. The number of rotatable bonds is 5. The number of ether oxygens (including phenoxy) is 1. The summed E-state index contributed by atoms with van der Waals surface area (Å²) in [6.07, 6.45) is 4.66. The van der Waals surface area contributed by atoms with Crippen LogP contribution >= 0.6 is 0 Å². The minimum absolute atomic E-state index is 0.309. The van der Waals surface area contributed by atoms with Crippen LogP contribution in [0.3, 0.4) is 0 Å². The summed E-state index contributed by atoms with van der Waals surface area (Å²) in [5, 5.41) is 3.96. The van der Waals surface area contributed by atoms with E-state index in [0.717, 1.165) is 11.3 Å². The highest BCUT2D eigenvalue weighted by molar-refractivity contribution is 5.94. The van der Waals surface area contributed by atoms with Crippen molar-refractivity contribution in [1.29, 1.82) is 0 Å². The summed E-state index contributed by atoms with van der Waals surface area (Å²) < 4.78 is 5.76. The number of carbonyl (C=O) groups excluding carboxylic acids is 1. The van der Waals surface area contributed by atoms with E-state index >= 15 is 0 Å². The molecular formula is C19H15N3O2. The van der Waals surface area contributed by atoms with E-state index in [1.165, 1.54) is 6.20 Å². The first-order valence-corrected chi connectivity index (χ1v) is 7.38. The Balaban J connectivity index is 1.63. The number of para-hydroxylation sites is 1. The first kappa shape index (κ1) is 15.4. The lowest BCUT2D eigenvalue weighted by Gasteiger charge is -2.05. The Morgan fingerprint density at radius 3 is 2.62 bits per heavy atom. The average molecular weight is 317 g/mol. The zero-order valence-corrected chi connectivity index (χ0v) is 12.8. The lowest BCUT2D eigenvalue weighted by atomic mass is 10.2. The van der Waals surface area contributed by atoms with Gasteiger partial charge in [0.05, 0.1) is 11.8 Å². The molecule has 0 bridgehead atoms. The standard InChI is InChI=1S/C19H15N3O2/c23-19(16-7-5-11-20-14-16)22-21-13-15-6-4-10-18(12-15)24-17-8-2-1-3-9-17/h1-14H,(H,22,23)/b21-13-. The van der Waals surface area contributed by atoms with E-state index in [4.69, 9.17) is 4.74 Å². The molecule has 0 radical (unpaired) electrons. The molecule has 0 aliphatic heterocycles. The van der Waals surface area contributed by atoms with Crippen molar-refractivity contribution in [2.24, 2.45) is 5.10 Å². The number of hydrogen-bond donors (Lipinski definition) is 1. The summed E-state index contributed by atoms with van der Waals surface area (Å²) in [6.45, 7) is 0.